The Kier molecular flexibility index (Phi) is 26.5. The standard InChI is InChI=1S/C30H60O4/c1-2-3-4-20-23-28(31)26-27-29(32)24-21-18-16-14-12-10-8-6-5-7-9-11-13-15-17-19-22-25-30(33)34/h28-29,31-32H,2-27H2,1H3,(H,33,34). The minimum absolute atomic E-state index is 0.223. The van der Waals surface area contributed by atoms with Crippen LogP contribution in [-0.2, 0) is 4.79 Å². The number of aliphatic hydroxyl groups is 2. The monoisotopic (exact) mass is 484 g/mol. The zero-order valence-electron chi connectivity index (χ0n) is 22.8. The van der Waals surface area contributed by atoms with Crippen LogP contribution in [0.1, 0.15) is 174 Å². The fraction of sp³-hybridized carbons (Fsp3) is 0.967. The third-order valence-corrected chi connectivity index (χ3v) is 7.15. The van der Waals surface area contributed by atoms with E-state index in [4.69, 9.17) is 5.11 Å². The SMILES string of the molecule is CCCCCCC(O)CCC(O)CCCCCCCCCCCCCCCCCCCC(=O)O. The fourth-order valence-electron chi connectivity index (χ4n) is 4.79. The molecule has 0 aromatic carbocycles. The van der Waals surface area contributed by atoms with E-state index in [2.05, 4.69) is 6.92 Å². The van der Waals surface area contributed by atoms with Crippen molar-refractivity contribution >= 4 is 5.97 Å². The molecule has 4 nitrogen and oxygen atoms in total. The Hall–Kier alpha value is -0.610. The first-order chi connectivity index (χ1) is 16.6. The van der Waals surface area contributed by atoms with Gasteiger partial charge in [0.25, 0.3) is 0 Å². The van der Waals surface area contributed by atoms with Crippen molar-refractivity contribution in [3.63, 3.8) is 0 Å². The number of hydrogen-bond acceptors (Lipinski definition) is 3. The van der Waals surface area contributed by atoms with Gasteiger partial charge in [0.05, 0.1) is 12.2 Å². The molecule has 2 unspecified atom stereocenters. The lowest BCUT2D eigenvalue weighted by Crippen LogP contribution is -2.13. The summed E-state index contributed by atoms with van der Waals surface area (Å²) in [6.07, 6.45) is 29.6. The lowest BCUT2D eigenvalue weighted by Gasteiger charge is -2.14. The van der Waals surface area contributed by atoms with E-state index in [1.807, 2.05) is 0 Å². The molecule has 0 bridgehead atoms. The highest BCUT2D eigenvalue weighted by Gasteiger charge is 2.09. The summed E-state index contributed by atoms with van der Waals surface area (Å²) >= 11 is 0. The van der Waals surface area contributed by atoms with Crippen LogP contribution in [0.3, 0.4) is 0 Å². The highest BCUT2D eigenvalue weighted by Crippen LogP contribution is 2.16. The summed E-state index contributed by atoms with van der Waals surface area (Å²) in [7, 11) is 0. The Morgan fingerprint density at radius 3 is 1.09 bits per heavy atom. The minimum atomic E-state index is -0.664. The molecule has 0 aromatic rings. The highest BCUT2D eigenvalue weighted by molar-refractivity contribution is 5.66. The summed E-state index contributed by atoms with van der Waals surface area (Å²) < 4.78 is 0. The Balaban J connectivity index is 3.20. The molecule has 204 valence electrons. The number of hydrogen-bond donors (Lipinski definition) is 3. The smallest absolute Gasteiger partial charge is 0.303 e. The summed E-state index contributed by atoms with van der Waals surface area (Å²) in [5.74, 6) is -0.664. The average Bonchev–Trinajstić information content (AvgIpc) is 2.81. The van der Waals surface area contributed by atoms with Crippen molar-refractivity contribution in [3.05, 3.63) is 0 Å². The van der Waals surface area contributed by atoms with Crippen molar-refractivity contribution in [2.24, 2.45) is 0 Å². The first kappa shape index (κ1) is 33.4. The van der Waals surface area contributed by atoms with Gasteiger partial charge in [-0.3, -0.25) is 4.79 Å². The average molecular weight is 485 g/mol. The predicted molar refractivity (Wildman–Crippen MR) is 145 cm³/mol. The van der Waals surface area contributed by atoms with E-state index >= 15 is 0 Å². The van der Waals surface area contributed by atoms with Crippen molar-refractivity contribution in [2.75, 3.05) is 0 Å². The molecule has 0 spiro atoms. The van der Waals surface area contributed by atoms with E-state index in [0.717, 1.165) is 51.4 Å². The van der Waals surface area contributed by atoms with Gasteiger partial charge in [0.2, 0.25) is 0 Å². The highest BCUT2D eigenvalue weighted by atomic mass is 16.4. The van der Waals surface area contributed by atoms with Crippen molar-refractivity contribution in [3.8, 4) is 0 Å². The van der Waals surface area contributed by atoms with Crippen LogP contribution in [0.5, 0.6) is 0 Å². The molecule has 0 saturated carbocycles. The van der Waals surface area contributed by atoms with Gasteiger partial charge >= 0.3 is 5.97 Å². The molecule has 0 rings (SSSR count). The molecule has 0 saturated heterocycles. The topological polar surface area (TPSA) is 77.8 Å². The largest absolute Gasteiger partial charge is 0.481 e. The number of carboxylic acids is 1. The molecule has 2 atom stereocenters. The molecule has 0 amide bonds. The molecule has 0 aliphatic carbocycles. The van der Waals surface area contributed by atoms with Crippen LogP contribution >= 0.6 is 0 Å². The van der Waals surface area contributed by atoms with E-state index in [1.54, 1.807) is 0 Å². The first-order valence-corrected chi connectivity index (χ1v) is 15.1. The molecule has 0 fully saturated rings. The fourth-order valence-corrected chi connectivity index (χ4v) is 4.79. The summed E-state index contributed by atoms with van der Waals surface area (Å²) in [6.45, 7) is 2.21. The van der Waals surface area contributed by atoms with Gasteiger partial charge in [0, 0.05) is 6.42 Å². The Morgan fingerprint density at radius 2 is 0.765 bits per heavy atom. The van der Waals surface area contributed by atoms with Crippen LogP contribution < -0.4 is 0 Å². The number of carbonyl (C=O) groups is 1. The van der Waals surface area contributed by atoms with Crippen molar-refractivity contribution in [1.82, 2.24) is 0 Å². The normalized spacial score (nSPS) is 13.3. The van der Waals surface area contributed by atoms with Gasteiger partial charge < -0.3 is 15.3 Å². The van der Waals surface area contributed by atoms with E-state index < -0.39 is 5.97 Å². The van der Waals surface area contributed by atoms with E-state index in [1.165, 1.54) is 109 Å². The summed E-state index contributed by atoms with van der Waals surface area (Å²) in [6, 6.07) is 0. The molecule has 4 heteroatoms. The second-order valence-electron chi connectivity index (χ2n) is 10.7. The Morgan fingerprint density at radius 1 is 0.471 bits per heavy atom. The van der Waals surface area contributed by atoms with Crippen LogP contribution in [-0.4, -0.2) is 33.5 Å². The summed E-state index contributed by atoms with van der Waals surface area (Å²) in [5.41, 5.74) is 0. The molecule has 0 heterocycles. The third-order valence-electron chi connectivity index (χ3n) is 7.15. The van der Waals surface area contributed by atoms with Crippen LogP contribution in [0.15, 0.2) is 0 Å². The lowest BCUT2D eigenvalue weighted by molar-refractivity contribution is -0.137. The van der Waals surface area contributed by atoms with Gasteiger partial charge in [-0.15, -0.1) is 0 Å². The lowest BCUT2D eigenvalue weighted by atomic mass is 10.00. The molecule has 0 aromatic heterocycles. The maximum atomic E-state index is 10.4. The number of rotatable bonds is 28. The number of carboxylic acid groups (broad SMARTS) is 1. The van der Waals surface area contributed by atoms with Crippen molar-refractivity contribution in [2.45, 2.75) is 186 Å². The molecule has 0 aliphatic heterocycles. The Labute approximate surface area is 212 Å². The quantitative estimate of drug-likeness (QED) is 0.0968. The maximum Gasteiger partial charge on any atom is 0.303 e. The maximum absolute atomic E-state index is 10.4. The molecular weight excluding hydrogens is 424 g/mol. The van der Waals surface area contributed by atoms with E-state index in [9.17, 15) is 15.0 Å². The molecule has 34 heavy (non-hydrogen) atoms. The molecule has 3 N–H and O–H groups in total. The van der Waals surface area contributed by atoms with Crippen LogP contribution in [0, 0.1) is 0 Å². The van der Waals surface area contributed by atoms with Crippen LogP contribution in [0.2, 0.25) is 0 Å². The zero-order valence-corrected chi connectivity index (χ0v) is 22.8. The second-order valence-corrected chi connectivity index (χ2v) is 10.7. The van der Waals surface area contributed by atoms with Crippen molar-refractivity contribution < 1.29 is 20.1 Å². The van der Waals surface area contributed by atoms with Crippen LogP contribution in [0.25, 0.3) is 0 Å². The molecule has 0 radical (unpaired) electrons. The summed E-state index contributed by atoms with van der Waals surface area (Å²) in [4.78, 5) is 10.4. The van der Waals surface area contributed by atoms with Gasteiger partial charge in [-0.1, -0.05) is 135 Å². The van der Waals surface area contributed by atoms with E-state index in [-0.39, 0.29) is 12.2 Å². The van der Waals surface area contributed by atoms with Crippen molar-refractivity contribution in [1.29, 1.82) is 0 Å². The van der Waals surface area contributed by atoms with Gasteiger partial charge in [-0.05, 0) is 32.1 Å². The second kappa shape index (κ2) is 27.0. The number of aliphatic carboxylic acids is 1. The summed E-state index contributed by atoms with van der Waals surface area (Å²) in [5, 5.41) is 28.7. The van der Waals surface area contributed by atoms with E-state index in [0.29, 0.717) is 6.42 Å². The van der Waals surface area contributed by atoms with Gasteiger partial charge in [-0.25, -0.2) is 0 Å². The Bertz CT molecular complexity index is 413. The zero-order chi connectivity index (χ0) is 25.1. The number of unbranched alkanes of at least 4 members (excludes halogenated alkanes) is 19. The minimum Gasteiger partial charge on any atom is -0.481 e. The van der Waals surface area contributed by atoms with Crippen LogP contribution in [0.4, 0.5) is 0 Å². The molecular formula is C30H60O4. The number of aliphatic hydroxyl groups excluding tert-OH is 2. The predicted octanol–water partition coefficient (Wildman–Crippen LogP) is 8.96. The third kappa shape index (κ3) is 27.6. The molecule has 0 aliphatic rings. The van der Waals surface area contributed by atoms with Gasteiger partial charge in [0.15, 0.2) is 0 Å². The van der Waals surface area contributed by atoms with Gasteiger partial charge in [-0.2, -0.15) is 0 Å². The first-order valence-electron chi connectivity index (χ1n) is 15.1. The van der Waals surface area contributed by atoms with Gasteiger partial charge in [0.1, 0.15) is 0 Å².